The molecule has 1 amide bonds. The van der Waals surface area contributed by atoms with Crippen molar-refractivity contribution >= 4 is 16.8 Å². The predicted molar refractivity (Wildman–Crippen MR) is 103 cm³/mol. The summed E-state index contributed by atoms with van der Waals surface area (Å²) in [4.78, 5) is 25.6. The molecule has 1 heterocycles. The van der Waals surface area contributed by atoms with E-state index in [4.69, 9.17) is 4.74 Å². The Hall–Kier alpha value is -3.15. The van der Waals surface area contributed by atoms with Crippen LogP contribution < -0.4 is 15.5 Å². The third-order valence-corrected chi connectivity index (χ3v) is 4.43. The van der Waals surface area contributed by atoms with Crippen molar-refractivity contribution < 1.29 is 13.9 Å². The van der Waals surface area contributed by atoms with Gasteiger partial charge in [0.1, 0.15) is 17.1 Å². The Morgan fingerprint density at radius 2 is 1.93 bits per heavy atom. The van der Waals surface area contributed by atoms with Crippen molar-refractivity contribution in [2.45, 2.75) is 19.9 Å². The van der Waals surface area contributed by atoms with Gasteiger partial charge in [-0.15, -0.1) is 0 Å². The minimum Gasteiger partial charge on any atom is -0.494 e. The first kappa shape index (κ1) is 18.6. The summed E-state index contributed by atoms with van der Waals surface area (Å²) in [5, 5.41) is 3.22. The Balaban J connectivity index is 1.95. The van der Waals surface area contributed by atoms with Gasteiger partial charge in [0.2, 0.25) is 5.43 Å². The first-order valence-electron chi connectivity index (χ1n) is 8.73. The molecule has 1 unspecified atom stereocenters. The van der Waals surface area contributed by atoms with Gasteiger partial charge in [-0.2, -0.15) is 0 Å². The first-order valence-corrected chi connectivity index (χ1v) is 8.73. The highest BCUT2D eigenvalue weighted by Crippen LogP contribution is 2.19. The maximum absolute atomic E-state index is 13.1. The van der Waals surface area contributed by atoms with Crippen LogP contribution in [0.2, 0.25) is 0 Å². The number of ether oxygens (including phenoxy) is 1. The maximum atomic E-state index is 13.1. The third-order valence-electron chi connectivity index (χ3n) is 4.43. The van der Waals surface area contributed by atoms with E-state index in [1.165, 1.54) is 18.3 Å². The molecule has 0 aliphatic heterocycles. The lowest BCUT2D eigenvalue weighted by Gasteiger charge is -2.15. The van der Waals surface area contributed by atoms with E-state index in [2.05, 4.69) is 5.32 Å². The third kappa shape index (κ3) is 3.84. The number of hydrogen-bond donors (Lipinski definition) is 1. The van der Waals surface area contributed by atoms with Crippen molar-refractivity contribution in [2.24, 2.45) is 7.05 Å². The van der Waals surface area contributed by atoms with Gasteiger partial charge < -0.3 is 14.6 Å². The number of nitrogens with one attached hydrogen (secondary N) is 1. The molecule has 0 radical (unpaired) electrons. The zero-order valence-corrected chi connectivity index (χ0v) is 15.5. The molecule has 1 atom stereocenters. The van der Waals surface area contributed by atoms with Crippen LogP contribution in [0.15, 0.2) is 53.5 Å². The van der Waals surface area contributed by atoms with E-state index in [1.54, 1.807) is 48.9 Å². The van der Waals surface area contributed by atoms with Crippen LogP contribution in [0.4, 0.5) is 4.39 Å². The highest BCUT2D eigenvalue weighted by molar-refractivity contribution is 5.97. The van der Waals surface area contributed by atoms with Crippen LogP contribution in [0.5, 0.6) is 5.75 Å². The van der Waals surface area contributed by atoms with Crippen LogP contribution in [0.1, 0.15) is 35.8 Å². The Labute approximate surface area is 156 Å². The summed E-state index contributed by atoms with van der Waals surface area (Å²) in [6, 6.07) is 10.8. The average Bonchev–Trinajstić information content (AvgIpc) is 2.65. The second-order valence-electron chi connectivity index (χ2n) is 6.34. The van der Waals surface area contributed by atoms with Gasteiger partial charge in [0.05, 0.1) is 23.6 Å². The van der Waals surface area contributed by atoms with Gasteiger partial charge in [-0.25, -0.2) is 4.39 Å². The topological polar surface area (TPSA) is 60.3 Å². The van der Waals surface area contributed by atoms with Crippen LogP contribution in [0.25, 0.3) is 10.9 Å². The van der Waals surface area contributed by atoms with Crippen molar-refractivity contribution in [3.8, 4) is 5.75 Å². The fraction of sp³-hybridized carbons (Fsp3) is 0.238. The normalized spacial score (nSPS) is 12.0. The fourth-order valence-corrected chi connectivity index (χ4v) is 3.00. The monoisotopic (exact) mass is 368 g/mol. The second-order valence-corrected chi connectivity index (χ2v) is 6.34. The SMILES string of the molecule is CCOc1ccc2c(c1)c(=O)c(C(=O)NC(C)c1ccc(F)cc1)cn2C. The number of hydrogen-bond acceptors (Lipinski definition) is 3. The molecule has 5 nitrogen and oxygen atoms in total. The molecule has 0 aliphatic rings. The van der Waals surface area contributed by atoms with Gasteiger partial charge in [-0.3, -0.25) is 9.59 Å². The molecule has 1 N–H and O–H groups in total. The van der Waals surface area contributed by atoms with E-state index >= 15 is 0 Å². The minimum atomic E-state index is -0.476. The van der Waals surface area contributed by atoms with Gasteiger partial charge in [-0.1, -0.05) is 12.1 Å². The molecule has 2 aromatic carbocycles. The highest BCUT2D eigenvalue weighted by atomic mass is 19.1. The largest absolute Gasteiger partial charge is 0.494 e. The maximum Gasteiger partial charge on any atom is 0.257 e. The van der Waals surface area contributed by atoms with Crippen LogP contribution >= 0.6 is 0 Å². The summed E-state index contributed by atoms with van der Waals surface area (Å²) in [7, 11) is 1.78. The lowest BCUT2D eigenvalue weighted by atomic mass is 10.1. The Morgan fingerprint density at radius 3 is 2.59 bits per heavy atom. The summed E-state index contributed by atoms with van der Waals surface area (Å²) in [6.45, 7) is 4.13. The van der Waals surface area contributed by atoms with E-state index in [0.29, 0.717) is 23.3 Å². The van der Waals surface area contributed by atoms with Crippen molar-refractivity contribution in [3.63, 3.8) is 0 Å². The number of aryl methyl sites for hydroxylation is 1. The van der Waals surface area contributed by atoms with Crippen LogP contribution in [-0.2, 0) is 7.05 Å². The molecule has 0 bridgehead atoms. The Kier molecular flexibility index (Phi) is 5.26. The number of amides is 1. The molecule has 3 aromatic rings. The number of carbonyl (C=O) groups is 1. The average molecular weight is 368 g/mol. The number of aromatic nitrogens is 1. The molecule has 0 aliphatic carbocycles. The van der Waals surface area contributed by atoms with Gasteiger partial charge in [0, 0.05) is 13.2 Å². The quantitative estimate of drug-likeness (QED) is 0.749. The van der Waals surface area contributed by atoms with E-state index < -0.39 is 5.91 Å². The number of benzene rings is 2. The minimum absolute atomic E-state index is 0.0487. The zero-order chi connectivity index (χ0) is 19.6. The summed E-state index contributed by atoms with van der Waals surface area (Å²) < 4.78 is 20.3. The number of rotatable bonds is 5. The lowest BCUT2D eigenvalue weighted by molar-refractivity contribution is 0.0938. The predicted octanol–water partition coefficient (Wildman–Crippen LogP) is 3.57. The standard InChI is InChI=1S/C21H21FN2O3/c1-4-27-16-9-10-19-17(11-16)20(25)18(12-24(19)3)21(26)23-13(2)14-5-7-15(22)8-6-14/h5-13H,4H2,1-3H3,(H,23,26). The van der Waals surface area contributed by atoms with E-state index in [9.17, 15) is 14.0 Å². The van der Waals surface area contributed by atoms with Crippen molar-refractivity contribution in [3.05, 3.63) is 75.8 Å². The van der Waals surface area contributed by atoms with Crippen LogP contribution in [0, 0.1) is 5.82 Å². The van der Waals surface area contributed by atoms with Crippen LogP contribution in [0.3, 0.4) is 0 Å². The van der Waals surface area contributed by atoms with Crippen molar-refractivity contribution in [1.82, 2.24) is 9.88 Å². The zero-order valence-electron chi connectivity index (χ0n) is 15.5. The first-order chi connectivity index (χ1) is 12.9. The molecule has 0 fully saturated rings. The van der Waals surface area contributed by atoms with Crippen molar-refractivity contribution in [1.29, 1.82) is 0 Å². The number of halogens is 1. The molecule has 1 aromatic heterocycles. The summed E-state index contributed by atoms with van der Waals surface area (Å²) >= 11 is 0. The molecular formula is C21H21FN2O3. The Morgan fingerprint density at radius 1 is 1.22 bits per heavy atom. The highest BCUT2D eigenvalue weighted by Gasteiger charge is 2.17. The van der Waals surface area contributed by atoms with Gasteiger partial charge in [0.15, 0.2) is 0 Å². The molecule has 27 heavy (non-hydrogen) atoms. The van der Waals surface area contributed by atoms with Gasteiger partial charge in [-0.05, 0) is 49.7 Å². The smallest absolute Gasteiger partial charge is 0.257 e. The number of fused-ring (bicyclic) bond motifs is 1. The lowest BCUT2D eigenvalue weighted by Crippen LogP contribution is -2.31. The molecule has 0 spiro atoms. The fourth-order valence-electron chi connectivity index (χ4n) is 3.00. The van der Waals surface area contributed by atoms with Crippen LogP contribution in [-0.4, -0.2) is 17.1 Å². The molecular weight excluding hydrogens is 347 g/mol. The summed E-state index contributed by atoms with van der Waals surface area (Å²) in [5.74, 6) is -0.235. The molecule has 0 saturated heterocycles. The van der Waals surface area contributed by atoms with Crippen molar-refractivity contribution in [2.75, 3.05) is 6.61 Å². The molecule has 0 saturated carbocycles. The Bertz CT molecular complexity index is 1040. The molecule has 6 heteroatoms. The number of pyridine rings is 1. The molecule has 3 rings (SSSR count). The second kappa shape index (κ2) is 7.61. The van der Waals surface area contributed by atoms with E-state index in [-0.39, 0.29) is 22.9 Å². The summed E-state index contributed by atoms with van der Waals surface area (Å²) in [6.07, 6.45) is 1.53. The van der Waals surface area contributed by atoms with Gasteiger partial charge in [0.25, 0.3) is 5.91 Å². The number of carbonyl (C=O) groups excluding carboxylic acids is 1. The van der Waals surface area contributed by atoms with E-state index in [0.717, 1.165) is 5.56 Å². The molecule has 140 valence electrons. The number of nitrogens with zero attached hydrogens (tertiary/aromatic N) is 1. The van der Waals surface area contributed by atoms with E-state index in [1.807, 2.05) is 6.92 Å². The van der Waals surface area contributed by atoms with Gasteiger partial charge >= 0.3 is 0 Å². The summed E-state index contributed by atoms with van der Waals surface area (Å²) in [5.41, 5.74) is 1.16.